The van der Waals surface area contributed by atoms with E-state index in [-0.39, 0.29) is 10.9 Å². The third-order valence-corrected chi connectivity index (χ3v) is 5.47. The van der Waals surface area contributed by atoms with Crippen LogP contribution in [0.15, 0.2) is 33.6 Å². The van der Waals surface area contributed by atoms with Gasteiger partial charge in [-0.15, -0.1) is 0 Å². The van der Waals surface area contributed by atoms with Crippen molar-refractivity contribution in [2.24, 2.45) is 5.92 Å². The summed E-state index contributed by atoms with van der Waals surface area (Å²) in [4.78, 5) is 10.8. The van der Waals surface area contributed by atoms with Crippen LogP contribution in [0.25, 0.3) is 0 Å². The Hall–Kier alpha value is -0.920. The summed E-state index contributed by atoms with van der Waals surface area (Å²) >= 11 is 3.18. The molecule has 0 aromatic heterocycles. The van der Waals surface area contributed by atoms with Crippen LogP contribution in [0.5, 0.6) is 0 Å². The summed E-state index contributed by atoms with van der Waals surface area (Å²) < 4.78 is 27.1. The van der Waals surface area contributed by atoms with E-state index in [2.05, 4.69) is 20.7 Å². The fourth-order valence-electron chi connectivity index (χ4n) is 1.86. The summed E-state index contributed by atoms with van der Waals surface area (Å²) in [6.45, 7) is 0. The highest BCUT2D eigenvalue weighted by atomic mass is 79.9. The topological polar surface area (TPSA) is 83.5 Å². The van der Waals surface area contributed by atoms with E-state index < -0.39 is 21.9 Å². The Morgan fingerprint density at radius 3 is 2.50 bits per heavy atom. The Morgan fingerprint density at radius 2 is 1.94 bits per heavy atom. The van der Waals surface area contributed by atoms with Crippen LogP contribution in [0.4, 0.5) is 0 Å². The smallest absolute Gasteiger partial charge is 0.306 e. The minimum absolute atomic E-state index is 0.170. The molecule has 5 nitrogen and oxygen atoms in total. The summed E-state index contributed by atoms with van der Waals surface area (Å²) in [5, 5.41) is 8.73. The number of sulfonamides is 1. The number of carboxylic acids is 1. The molecule has 0 spiro atoms. The van der Waals surface area contributed by atoms with E-state index in [1.165, 1.54) is 6.07 Å². The average molecular weight is 334 g/mol. The molecule has 0 saturated heterocycles. The number of nitrogens with one attached hydrogen (secondary N) is 1. The van der Waals surface area contributed by atoms with Crippen LogP contribution >= 0.6 is 15.9 Å². The zero-order chi connectivity index (χ0) is 13.3. The van der Waals surface area contributed by atoms with Crippen LogP contribution in [0, 0.1) is 5.92 Å². The van der Waals surface area contributed by atoms with E-state index in [0.717, 1.165) is 0 Å². The van der Waals surface area contributed by atoms with Gasteiger partial charge < -0.3 is 5.11 Å². The number of hydrogen-bond acceptors (Lipinski definition) is 3. The van der Waals surface area contributed by atoms with E-state index in [0.29, 0.717) is 17.3 Å². The van der Waals surface area contributed by atoms with Gasteiger partial charge in [0, 0.05) is 10.5 Å². The highest BCUT2D eigenvalue weighted by Gasteiger charge is 2.37. The number of carbonyl (C=O) groups is 1. The van der Waals surface area contributed by atoms with Gasteiger partial charge in [0.15, 0.2) is 0 Å². The van der Waals surface area contributed by atoms with Gasteiger partial charge in [0.25, 0.3) is 0 Å². The summed E-state index contributed by atoms with van der Waals surface area (Å²) in [6, 6.07) is 6.23. The molecule has 98 valence electrons. The molecule has 1 aliphatic carbocycles. The highest BCUT2D eigenvalue weighted by Crippen LogP contribution is 2.30. The lowest BCUT2D eigenvalue weighted by Gasteiger charge is -2.32. The van der Waals surface area contributed by atoms with Crippen molar-refractivity contribution < 1.29 is 18.3 Å². The molecule has 7 heteroatoms. The van der Waals surface area contributed by atoms with Crippen molar-refractivity contribution in [1.82, 2.24) is 4.72 Å². The largest absolute Gasteiger partial charge is 0.481 e. The average Bonchev–Trinajstić information content (AvgIpc) is 2.22. The van der Waals surface area contributed by atoms with E-state index in [9.17, 15) is 13.2 Å². The summed E-state index contributed by atoms with van der Waals surface area (Å²) in [5.74, 6) is -1.30. The molecule has 2 rings (SSSR count). The van der Waals surface area contributed by atoms with Crippen molar-refractivity contribution >= 4 is 31.9 Å². The minimum atomic E-state index is -3.59. The Morgan fingerprint density at radius 1 is 1.33 bits per heavy atom. The maximum atomic E-state index is 12.0. The van der Waals surface area contributed by atoms with Crippen LogP contribution in [0.2, 0.25) is 0 Å². The van der Waals surface area contributed by atoms with Crippen LogP contribution in [0.3, 0.4) is 0 Å². The molecule has 18 heavy (non-hydrogen) atoms. The summed E-state index contributed by atoms with van der Waals surface area (Å²) in [7, 11) is -3.59. The zero-order valence-electron chi connectivity index (χ0n) is 9.34. The Balaban J connectivity index is 2.06. The lowest BCUT2D eigenvalue weighted by Crippen LogP contribution is -2.46. The van der Waals surface area contributed by atoms with Crippen LogP contribution in [-0.4, -0.2) is 25.5 Å². The van der Waals surface area contributed by atoms with E-state index in [1.807, 2.05) is 0 Å². The van der Waals surface area contributed by atoms with E-state index in [4.69, 9.17) is 5.11 Å². The number of rotatable bonds is 4. The predicted molar refractivity (Wildman–Crippen MR) is 68.6 cm³/mol. The molecule has 1 aliphatic rings. The van der Waals surface area contributed by atoms with Crippen LogP contribution in [-0.2, 0) is 14.8 Å². The maximum absolute atomic E-state index is 12.0. The van der Waals surface area contributed by atoms with Gasteiger partial charge in [-0.1, -0.05) is 12.1 Å². The SMILES string of the molecule is O=C(O)C1CC(NS(=O)(=O)c2ccccc2Br)C1. The van der Waals surface area contributed by atoms with Gasteiger partial charge in [-0.3, -0.25) is 4.79 Å². The van der Waals surface area contributed by atoms with E-state index in [1.54, 1.807) is 18.2 Å². The van der Waals surface area contributed by atoms with Crippen molar-refractivity contribution in [2.45, 2.75) is 23.8 Å². The predicted octanol–water partition coefficient (Wildman–Crippen LogP) is 1.59. The van der Waals surface area contributed by atoms with Gasteiger partial charge in [0.1, 0.15) is 0 Å². The molecule has 0 atom stereocenters. The fourth-order valence-corrected chi connectivity index (χ4v) is 4.13. The third kappa shape index (κ3) is 2.73. The molecular formula is C11H12BrNO4S. The highest BCUT2D eigenvalue weighted by molar-refractivity contribution is 9.10. The van der Waals surface area contributed by atoms with Crippen molar-refractivity contribution in [3.8, 4) is 0 Å². The maximum Gasteiger partial charge on any atom is 0.306 e. The van der Waals surface area contributed by atoms with Gasteiger partial charge >= 0.3 is 5.97 Å². The second kappa shape index (κ2) is 4.99. The molecule has 0 amide bonds. The van der Waals surface area contributed by atoms with Crippen molar-refractivity contribution in [2.75, 3.05) is 0 Å². The molecule has 0 unspecified atom stereocenters. The summed E-state index contributed by atoms with van der Waals surface area (Å²) in [5.41, 5.74) is 0. The lowest BCUT2D eigenvalue weighted by molar-refractivity contribution is -0.145. The normalized spacial score (nSPS) is 23.4. The first-order chi connectivity index (χ1) is 8.40. The number of carboxylic acid groups (broad SMARTS) is 1. The standard InChI is InChI=1S/C11H12BrNO4S/c12-9-3-1-2-4-10(9)18(16,17)13-8-5-7(6-8)11(14)15/h1-4,7-8,13H,5-6H2,(H,14,15). The van der Waals surface area contributed by atoms with Crippen LogP contribution < -0.4 is 4.72 Å². The molecule has 0 heterocycles. The van der Waals surface area contributed by atoms with Crippen molar-refractivity contribution in [1.29, 1.82) is 0 Å². The molecule has 0 aliphatic heterocycles. The molecule has 2 N–H and O–H groups in total. The van der Waals surface area contributed by atoms with Gasteiger partial charge in [0.05, 0.1) is 10.8 Å². The molecule has 0 radical (unpaired) electrons. The molecule has 1 fully saturated rings. The molecular weight excluding hydrogens is 322 g/mol. The van der Waals surface area contributed by atoms with Gasteiger partial charge in [-0.25, -0.2) is 13.1 Å². The quantitative estimate of drug-likeness (QED) is 0.876. The first-order valence-corrected chi connectivity index (χ1v) is 7.67. The Labute approximate surface area is 113 Å². The second-order valence-corrected chi connectivity index (χ2v) is 6.79. The first-order valence-electron chi connectivity index (χ1n) is 5.40. The number of benzene rings is 1. The molecule has 1 aromatic rings. The minimum Gasteiger partial charge on any atom is -0.481 e. The Kier molecular flexibility index (Phi) is 3.74. The molecule has 0 bridgehead atoms. The zero-order valence-corrected chi connectivity index (χ0v) is 11.7. The van der Waals surface area contributed by atoms with Crippen LogP contribution in [0.1, 0.15) is 12.8 Å². The van der Waals surface area contributed by atoms with Crippen molar-refractivity contribution in [3.63, 3.8) is 0 Å². The first kappa shape index (κ1) is 13.5. The lowest BCUT2D eigenvalue weighted by atomic mass is 9.81. The van der Waals surface area contributed by atoms with Crippen molar-refractivity contribution in [3.05, 3.63) is 28.7 Å². The molecule has 1 saturated carbocycles. The fraction of sp³-hybridized carbons (Fsp3) is 0.364. The van der Waals surface area contributed by atoms with Gasteiger partial charge in [-0.05, 0) is 40.9 Å². The monoisotopic (exact) mass is 333 g/mol. The number of hydrogen-bond donors (Lipinski definition) is 2. The number of halogens is 1. The van der Waals surface area contributed by atoms with Gasteiger partial charge in [-0.2, -0.15) is 0 Å². The van der Waals surface area contributed by atoms with E-state index >= 15 is 0 Å². The second-order valence-electron chi connectivity index (χ2n) is 4.26. The van der Waals surface area contributed by atoms with Gasteiger partial charge in [0.2, 0.25) is 10.0 Å². The summed E-state index contributed by atoms with van der Waals surface area (Å²) in [6.07, 6.45) is 0.692. The number of aliphatic carboxylic acids is 1. The third-order valence-electron chi connectivity index (χ3n) is 2.94. The molecule has 1 aromatic carbocycles. The Bertz CT molecular complexity index is 566.